The van der Waals surface area contributed by atoms with E-state index >= 15 is 0 Å². The second kappa shape index (κ2) is 5.89. The quantitative estimate of drug-likeness (QED) is 0.624. The summed E-state index contributed by atoms with van der Waals surface area (Å²) in [6.45, 7) is 3.92. The van der Waals surface area contributed by atoms with E-state index < -0.39 is 0 Å². The summed E-state index contributed by atoms with van der Waals surface area (Å²) in [5.74, 6) is 1.59. The lowest BCUT2D eigenvalue weighted by atomic mass is 9.75. The lowest BCUT2D eigenvalue weighted by Gasteiger charge is -2.30. The maximum atomic E-state index is 3.92. The van der Waals surface area contributed by atoms with Gasteiger partial charge in [0, 0.05) is 0 Å². The second-order valence-corrected chi connectivity index (χ2v) is 4.94. The van der Waals surface area contributed by atoms with Crippen molar-refractivity contribution in [2.75, 3.05) is 0 Å². The Hall–Kier alpha value is -1.04. The minimum absolute atomic E-state index is 0.707. The Labute approximate surface area is 99.4 Å². The summed E-state index contributed by atoms with van der Waals surface area (Å²) in [7, 11) is 0. The van der Waals surface area contributed by atoms with Gasteiger partial charge in [-0.2, -0.15) is 0 Å². The molecule has 0 aliphatic heterocycles. The van der Waals surface area contributed by atoms with Crippen LogP contribution in [0.4, 0.5) is 0 Å². The first-order valence-corrected chi connectivity index (χ1v) is 6.57. The first kappa shape index (κ1) is 11.4. The molecule has 0 amide bonds. The summed E-state index contributed by atoms with van der Waals surface area (Å²) in [5, 5.41) is 0. The maximum Gasteiger partial charge on any atom is -0.00992 e. The molecule has 1 aliphatic rings. The molecule has 0 heteroatoms. The standard InChI is InChI=1S/C16H22/c1-2-9-16(14-10-5-3-6-11-14)15-12-7-4-8-13-15/h2-3,5-6,10-11,15-16H,1,4,7-9,12-13H2. The molecule has 0 bridgehead atoms. The van der Waals surface area contributed by atoms with Gasteiger partial charge in [-0.05, 0) is 36.7 Å². The van der Waals surface area contributed by atoms with E-state index in [2.05, 4.69) is 43.0 Å². The monoisotopic (exact) mass is 214 g/mol. The van der Waals surface area contributed by atoms with Crippen molar-refractivity contribution in [1.29, 1.82) is 0 Å². The normalized spacial score (nSPS) is 19.2. The molecule has 16 heavy (non-hydrogen) atoms. The number of benzene rings is 1. The molecule has 0 radical (unpaired) electrons. The van der Waals surface area contributed by atoms with Crippen LogP contribution in [-0.4, -0.2) is 0 Å². The van der Waals surface area contributed by atoms with Crippen molar-refractivity contribution in [1.82, 2.24) is 0 Å². The average Bonchev–Trinajstić information content (AvgIpc) is 2.38. The van der Waals surface area contributed by atoms with E-state index in [4.69, 9.17) is 0 Å². The molecule has 0 saturated heterocycles. The Balaban J connectivity index is 2.12. The van der Waals surface area contributed by atoms with Crippen molar-refractivity contribution in [3.63, 3.8) is 0 Å². The van der Waals surface area contributed by atoms with Gasteiger partial charge in [0.05, 0.1) is 0 Å². The molecule has 1 fully saturated rings. The third-order valence-corrected chi connectivity index (χ3v) is 3.87. The molecule has 1 aliphatic carbocycles. The molecular formula is C16H22. The molecule has 0 aromatic heterocycles. The fourth-order valence-corrected chi connectivity index (χ4v) is 3.02. The summed E-state index contributed by atoms with van der Waals surface area (Å²) in [5.41, 5.74) is 1.51. The summed E-state index contributed by atoms with van der Waals surface area (Å²) >= 11 is 0. The van der Waals surface area contributed by atoms with Crippen LogP contribution in [-0.2, 0) is 0 Å². The Morgan fingerprint density at radius 2 is 1.81 bits per heavy atom. The van der Waals surface area contributed by atoms with Crippen molar-refractivity contribution >= 4 is 0 Å². The van der Waals surface area contributed by atoms with Gasteiger partial charge in [-0.1, -0.05) is 55.7 Å². The van der Waals surface area contributed by atoms with Gasteiger partial charge in [0.1, 0.15) is 0 Å². The van der Waals surface area contributed by atoms with E-state index in [9.17, 15) is 0 Å². The average molecular weight is 214 g/mol. The molecule has 1 aromatic carbocycles. The fraction of sp³-hybridized carbons (Fsp3) is 0.500. The number of hydrogen-bond donors (Lipinski definition) is 0. The Kier molecular flexibility index (Phi) is 4.21. The largest absolute Gasteiger partial charge is 0.103 e. The van der Waals surface area contributed by atoms with Crippen LogP contribution in [0.15, 0.2) is 43.0 Å². The Morgan fingerprint density at radius 1 is 1.12 bits per heavy atom. The topological polar surface area (TPSA) is 0 Å². The van der Waals surface area contributed by atoms with Crippen LogP contribution in [0.25, 0.3) is 0 Å². The lowest BCUT2D eigenvalue weighted by molar-refractivity contribution is 0.305. The number of rotatable bonds is 4. The van der Waals surface area contributed by atoms with E-state index in [1.54, 1.807) is 0 Å². The summed E-state index contributed by atoms with van der Waals surface area (Å²) < 4.78 is 0. The predicted molar refractivity (Wildman–Crippen MR) is 70.6 cm³/mol. The van der Waals surface area contributed by atoms with Crippen molar-refractivity contribution in [2.24, 2.45) is 5.92 Å². The second-order valence-electron chi connectivity index (χ2n) is 4.94. The highest BCUT2D eigenvalue weighted by atomic mass is 14.3. The molecule has 2 rings (SSSR count). The van der Waals surface area contributed by atoms with Gasteiger partial charge in [-0.15, -0.1) is 6.58 Å². The first-order valence-electron chi connectivity index (χ1n) is 6.57. The summed E-state index contributed by atoms with van der Waals surface area (Å²) in [6, 6.07) is 11.0. The molecule has 1 saturated carbocycles. The van der Waals surface area contributed by atoms with E-state index in [-0.39, 0.29) is 0 Å². The van der Waals surface area contributed by atoms with Gasteiger partial charge >= 0.3 is 0 Å². The van der Waals surface area contributed by atoms with E-state index in [0.717, 1.165) is 12.3 Å². The van der Waals surface area contributed by atoms with Crippen molar-refractivity contribution in [3.05, 3.63) is 48.6 Å². The lowest BCUT2D eigenvalue weighted by Crippen LogP contribution is -2.15. The highest BCUT2D eigenvalue weighted by Crippen LogP contribution is 2.38. The van der Waals surface area contributed by atoms with Gasteiger partial charge in [0.25, 0.3) is 0 Å². The number of hydrogen-bond acceptors (Lipinski definition) is 0. The van der Waals surface area contributed by atoms with Crippen molar-refractivity contribution in [3.8, 4) is 0 Å². The van der Waals surface area contributed by atoms with Crippen LogP contribution in [0.1, 0.15) is 50.0 Å². The first-order chi connectivity index (χ1) is 7.92. The molecule has 1 aromatic rings. The Morgan fingerprint density at radius 3 is 2.44 bits per heavy atom. The van der Waals surface area contributed by atoms with Crippen LogP contribution in [0.3, 0.4) is 0 Å². The van der Waals surface area contributed by atoms with Crippen LogP contribution in [0.5, 0.6) is 0 Å². The zero-order chi connectivity index (χ0) is 11.2. The van der Waals surface area contributed by atoms with Gasteiger partial charge in [0.2, 0.25) is 0 Å². The summed E-state index contributed by atoms with van der Waals surface area (Å²) in [4.78, 5) is 0. The highest BCUT2D eigenvalue weighted by Gasteiger charge is 2.23. The number of allylic oxidation sites excluding steroid dienone is 1. The van der Waals surface area contributed by atoms with Gasteiger partial charge in [-0.3, -0.25) is 0 Å². The van der Waals surface area contributed by atoms with Gasteiger partial charge in [-0.25, -0.2) is 0 Å². The van der Waals surface area contributed by atoms with E-state index in [1.807, 2.05) is 0 Å². The predicted octanol–water partition coefficient (Wildman–Crippen LogP) is 4.93. The smallest absolute Gasteiger partial charge is 0.00992 e. The van der Waals surface area contributed by atoms with Crippen LogP contribution < -0.4 is 0 Å². The minimum atomic E-state index is 0.707. The Bertz CT molecular complexity index is 306. The third-order valence-electron chi connectivity index (χ3n) is 3.87. The zero-order valence-corrected chi connectivity index (χ0v) is 10.1. The van der Waals surface area contributed by atoms with Gasteiger partial charge < -0.3 is 0 Å². The zero-order valence-electron chi connectivity index (χ0n) is 10.1. The molecule has 1 atom stereocenters. The summed E-state index contributed by atoms with van der Waals surface area (Å²) in [6.07, 6.45) is 10.3. The molecule has 0 heterocycles. The van der Waals surface area contributed by atoms with Gasteiger partial charge in [0.15, 0.2) is 0 Å². The van der Waals surface area contributed by atoms with Crippen LogP contribution in [0, 0.1) is 5.92 Å². The molecule has 86 valence electrons. The van der Waals surface area contributed by atoms with Crippen molar-refractivity contribution in [2.45, 2.75) is 44.4 Å². The molecule has 0 N–H and O–H groups in total. The minimum Gasteiger partial charge on any atom is -0.103 e. The van der Waals surface area contributed by atoms with Crippen LogP contribution >= 0.6 is 0 Å². The molecular weight excluding hydrogens is 192 g/mol. The maximum absolute atomic E-state index is 3.92. The molecule has 0 nitrogen and oxygen atoms in total. The van der Waals surface area contributed by atoms with E-state index in [1.165, 1.54) is 37.7 Å². The van der Waals surface area contributed by atoms with Crippen molar-refractivity contribution < 1.29 is 0 Å². The fourth-order valence-electron chi connectivity index (χ4n) is 3.02. The van der Waals surface area contributed by atoms with E-state index in [0.29, 0.717) is 5.92 Å². The molecule has 0 spiro atoms. The molecule has 1 unspecified atom stereocenters. The third kappa shape index (κ3) is 2.75. The van der Waals surface area contributed by atoms with Crippen LogP contribution in [0.2, 0.25) is 0 Å². The highest BCUT2D eigenvalue weighted by molar-refractivity contribution is 5.21. The SMILES string of the molecule is C=CCC(c1ccccc1)C1CCCCC1.